The van der Waals surface area contributed by atoms with Crippen LogP contribution in [-0.2, 0) is 11.0 Å². The maximum Gasteiger partial charge on any atom is 0.452 e. The van der Waals surface area contributed by atoms with E-state index in [0.29, 0.717) is 11.3 Å². The molecule has 0 saturated carbocycles. The molecule has 1 aromatic heterocycles. The van der Waals surface area contributed by atoms with Crippen molar-refractivity contribution in [1.82, 2.24) is 4.98 Å². The highest BCUT2D eigenvalue weighted by atomic mass is 19.4. The number of hydrogen-bond acceptors (Lipinski definition) is 5. The minimum atomic E-state index is -4.83. The van der Waals surface area contributed by atoms with Gasteiger partial charge in [0, 0.05) is 18.2 Å². The molecule has 0 saturated heterocycles. The summed E-state index contributed by atoms with van der Waals surface area (Å²) in [7, 11) is 1.43. The van der Waals surface area contributed by atoms with Crippen LogP contribution >= 0.6 is 0 Å². The summed E-state index contributed by atoms with van der Waals surface area (Å²) in [5.74, 6) is -2.68. The van der Waals surface area contributed by atoms with Crippen LogP contribution in [0.15, 0.2) is 58.1 Å². The van der Waals surface area contributed by atoms with Gasteiger partial charge in [0.25, 0.3) is 5.91 Å². The van der Waals surface area contributed by atoms with Crippen molar-refractivity contribution in [3.05, 3.63) is 71.4 Å². The molecule has 6 nitrogen and oxygen atoms in total. The average molecular weight is 403 g/mol. The van der Waals surface area contributed by atoms with Crippen LogP contribution in [0.2, 0.25) is 0 Å². The predicted molar refractivity (Wildman–Crippen MR) is 101 cm³/mol. The number of amides is 1. The fourth-order valence-corrected chi connectivity index (χ4v) is 2.66. The molecule has 1 amide bonds. The minimum Gasteiger partial charge on any atom is -0.436 e. The highest BCUT2D eigenvalue weighted by Crippen LogP contribution is 2.34. The van der Waals surface area contributed by atoms with Crippen LogP contribution in [0.1, 0.15) is 27.7 Å². The van der Waals surface area contributed by atoms with Crippen molar-refractivity contribution in [2.75, 3.05) is 12.4 Å². The van der Waals surface area contributed by atoms with E-state index in [1.165, 1.54) is 20.2 Å². The normalized spacial score (nSPS) is 11.6. The fourth-order valence-electron chi connectivity index (χ4n) is 2.66. The van der Waals surface area contributed by atoms with E-state index < -0.39 is 23.5 Å². The summed E-state index contributed by atoms with van der Waals surface area (Å²) in [6.45, 7) is 1.24. The zero-order chi connectivity index (χ0) is 21.0. The van der Waals surface area contributed by atoms with Gasteiger partial charge in [0.1, 0.15) is 7.11 Å². The van der Waals surface area contributed by atoms with Gasteiger partial charge in [-0.05, 0) is 17.2 Å². The van der Waals surface area contributed by atoms with Gasteiger partial charge < -0.3 is 14.6 Å². The lowest BCUT2D eigenvalue weighted by molar-refractivity contribution is -0.153. The monoisotopic (exact) mass is 403 g/mol. The number of oxime groups is 1. The quantitative estimate of drug-likeness (QED) is 0.486. The van der Waals surface area contributed by atoms with Gasteiger partial charge in [0.2, 0.25) is 5.76 Å². The summed E-state index contributed by atoms with van der Waals surface area (Å²) in [6, 6.07) is 13.9. The van der Waals surface area contributed by atoms with Crippen LogP contribution in [0.5, 0.6) is 0 Å². The Bertz CT molecular complexity index is 1040. The lowest BCUT2D eigenvalue weighted by Gasteiger charge is -2.11. The number of anilines is 1. The van der Waals surface area contributed by atoms with Crippen molar-refractivity contribution < 1.29 is 27.2 Å². The topological polar surface area (TPSA) is 76.7 Å². The Hall–Kier alpha value is -3.62. The molecular weight excluding hydrogens is 387 g/mol. The first-order valence-corrected chi connectivity index (χ1v) is 8.41. The van der Waals surface area contributed by atoms with E-state index in [1.54, 1.807) is 48.5 Å². The van der Waals surface area contributed by atoms with Crippen molar-refractivity contribution in [3.63, 3.8) is 0 Å². The lowest BCUT2D eigenvalue weighted by atomic mass is 10.0. The Kier molecular flexibility index (Phi) is 5.67. The highest BCUT2D eigenvalue weighted by Gasteiger charge is 2.41. The number of nitrogens with one attached hydrogen (secondary N) is 1. The van der Waals surface area contributed by atoms with Gasteiger partial charge in [0.15, 0.2) is 11.6 Å². The molecule has 2 aromatic carbocycles. The van der Waals surface area contributed by atoms with Crippen LogP contribution in [0.25, 0.3) is 11.1 Å². The van der Waals surface area contributed by atoms with Crippen LogP contribution < -0.4 is 5.32 Å². The van der Waals surface area contributed by atoms with E-state index in [4.69, 9.17) is 0 Å². The van der Waals surface area contributed by atoms with Crippen LogP contribution in [0, 0.1) is 6.92 Å². The van der Waals surface area contributed by atoms with Crippen LogP contribution in [0.3, 0.4) is 0 Å². The number of halogens is 3. The van der Waals surface area contributed by atoms with Gasteiger partial charge in [-0.3, -0.25) is 4.79 Å². The molecule has 0 atom stereocenters. The molecule has 0 fully saturated rings. The smallest absolute Gasteiger partial charge is 0.436 e. The second-order valence-electron chi connectivity index (χ2n) is 5.95. The number of carbonyl (C=O) groups is 1. The SMILES string of the molecule is CO/N=C\c1ccc(-c2ccccc2NC(=O)c2nc(C)oc2C(F)(F)F)cc1. The third-order valence-corrected chi connectivity index (χ3v) is 3.91. The summed E-state index contributed by atoms with van der Waals surface area (Å²) in [4.78, 5) is 20.7. The molecule has 150 valence electrons. The second kappa shape index (κ2) is 8.17. The zero-order valence-corrected chi connectivity index (χ0v) is 15.4. The minimum absolute atomic E-state index is 0.246. The Labute approximate surface area is 164 Å². The van der Waals surface area contributed by atoms with E-state index in [2.05, 4.69) is 24.7 Å². The Morgan fingerprint density at radius 1 is 1.17 bits per heavy atom. The summed E-state index contributed by atoms with van der Waals surface area (Å²) in [5.41, 5.74) is 1.71. The molecule has 0 aliphatic rings. The van der Waals surface area contributed by atoms with Crippen molar-refractivity contribution in [2.24, 2.45) is 5.16 Å². The largest absolute Gasteiger partial charge is 0.452 e. The third-order valence-electron chi connectivity index (χ3n) is 3.91. The number of benzene rings is 2. The molecule has 3 rings (SSSR count). The number of alkyl halides is 3. The number of aromatic nitrogens is 1. The van der Waals surface area contributed by atoms with Crippen molar-refractivity contribution in [2.45, 2.75) is 13.1 Å². The second-order valence-corrected chi connectivity index (χ2v) is 5.95. The molecule has 0 spiro atoms. The molecule has 0 radical (unpaired) electrons. The lowest BCUT2D eigenvalue weighted by Crippen LogP contribution is -2.18. The summed E-state index contributed by atoms with van der Waals surface area (Å²) in [5, 5.41) is 6.17. The van der Waals surface area contributed by atoms with Crippen molar-refractivity contribution in [3.8, 4) is 11.1 Å². The Morgan fingerprint density at radius 3 is 2.52 bits per heavy atom. The van der Waals surface area contributed by atoms with E-state index in [1.807, 2.05) is 0 Å². The van der Waals surface area contributed by atoms with E-state index in [9.17, 15) is 18.0 Å². The molecule has 0 aliphatic carbocycles. The molecule has 9 heteroatoms. The van der Waals surface area contributed by atoms with Gasteiger partial charge in [-0.1, -0.05) is 47.6 Å². The van der Waals surface area contributed by atoms with Gasteiger partial charge in [-0.2, -0.15) is 13.2 Å². The highest BCUT2D eigenvalue weighted by molar-refractivity contribution is 6.05. The molecule has 29 heavy (non-hydrogen) atoms. The standard InChI is InChI=1S/C20H16F3N3O3/c1-12-25-17(18(29-12)20(21,22)23)19(27)26-16-6-4-3-5-15(16)14-9-7-13(8-10-14)11-24-28-2/h3-11H,1-2H3,(H,26,27)/b24-11-. The molecule has 1 N–H and O–H groups in total. The fraction of sp³-hybridized carbons (Fsp3) is 0.150. The average Bonchev–Trinajstić information content (AvgIpc) is 3.10. The molecule has 0 bridgehead atoms. The predicted octanol–water partition coefficient (Wildman–Crippen LogP) is 4.90. The van der Waals surface area contributed by atoms with Crippen LogP contribution in [-0.4, -0.2) is 24.2 Å². The van der Waals surface area contributed by atoms with E-state index in [-0.39, 0.29) is 5.89 Å². The van der Waals surface area contributed by atoms with Gasteiger partial charge in [0.05, 0.1) is 6.21 Å². The molecule has 3 aromatic rings. The number of aryl methyl sites for hydroxylation is 1. The maximum atomic E-state index is 13.1. The number of para-hydroxylation sites is 1. The number of rotatable bonds is 5. The van der Waals surface area contributed by atoms with Gasteiger partial charge in [-0.15, -0.1) is 0 Å². The summed E-state index contributed by atoms with van der Waals surface area (Å²) < 4.78 is 43.9. The zero-order valence-electron chi connectivity index (χ0n) is 15.4. The first-order valence-electron chi connectivity index (χ1n) is 8.41. The van der Waals surface area contributed by atoms with E-state index >= 15 is 0 Å². The maximum absolute atomic E-state index is 13.1. The van der Waals surface area contributed by atoms with Crippen molar-refractivity contribution >= 4 is 17.8 Å². The molecule has 0 aliphatic heterocycles. The molecule has 1 heterocycles. The van der Waals surface area contributed by atoms with E-state index in [0.717, 1.165) is 11.1 Å². The molecule has 0 unspecified atom stereocenters. The third kappa shape index (κ3) is 4.63. The molecular formula is C20H16F3N3O3. The Balaban J connectivity index is 1.91. The van der Waals surface area contributed by atoms with Gasteiger partial charge >= 0.3 is 6.18 Å². The summed E-state index contributed by atoms with van der Waals surface area (Å²) in [6.07, 6.45) is -3.30. The first-order chi connectivity index (χ1) is 13.8. The summed E-state index contributed by atoms with van der Waals surface area (Å²) >= 11 is 0. The van der Waals surface area contributed by atoms with Crippen LogP contribution in [0.4, 0.5) is 18.9 Å². The Morgan fingerprint density at radius 2 is 1.86 bits per heavy atom. The number of carbonyl (C=O) groups excluding carboxylic acids is 1. The number of oxazole rings is 1. The van der Waals surface area contributed by atoms with Gasteiger partial charge in [-0.25, -0.2) is 4.98 Å². The number of nitrogens with zero attached hydrogens (tertiary/aromatic N) is 2. The van der Waals surface area contributed by atoms with Crippen molar-refractivity contribution in [1.29, 1.82) is 0 Å². The first kappa shape index (κ1) is 20.1. The number of hydrogen-bond donors (Lipinski definition) is 1.